The maximum Gasteiger partial charge on any atom is 0.160 e. The van der Waals surface area contributed by atoms with E-state index in [1.165, 1.54) is 28.7 Å². The molecule has 0 bridgehead atoms. The van der Waals surface area contributed by atoms with Gasteiger partial charge in [-0.15, -0.1) is 0 Å². The van der Waals surface area contributed by atoms with E-state index in [1.807, 2.05) is 24.3 Å². The smallest absolute Gasteiger partial charge is 0.160 e. The topological polar surface area (TPSA) is 74.2 Å². The van der Waals surface area contributed by atoms with E-state index < -0.39 is 0 Å². The molecule has 0 aromatic heterocycles. The van der Waals surface area contributed by atoms with Gasteiger partial charge in [-0.1, -0.05) is 13.3 Å². The van der Waals surface area contributed by atoms with Crippen LogP contribution in [-0.4, -0.2) is 49.0 Å². The Morgan fingerprint density at radius 1 is 0.939 bits per heavy atom. The zero-order valence-electron chi connectivity index (χ0n) is 19.9. The number of rotatable bonds is 5. The van der Waals surface area contributed by atoms with E-state index in [0.717, 1.165) is 45.3 Å². The molecular weight excluding hydrogens is 416 g/mol. The van der Waals surface area contributed by atoms with E-state index in [9.17, 15) is 10.2 Å². The number of methoxy groups -OCH3 is 2. The van der Waals surface area contributed by atoms with Gasteiger partial charge in [0.05, 0.1) is 14.2 Å². The molecule has 6 heteroatoms. The van der Waals surface area contributed by atoms with Gasteiger partial charge < -0.3 is 25.0 Å². The molecule has 4 atom stereocenters. The monoisotopic (exact) mass is 452 g/mol. The molecule has 3 aliphatic rings. The van der Waals surface area contributed by atoms with Crippen LogP contribution in [0.15, 0.2) is 24.3 Å². The molecule has 0 amide bonds. The fourth-order valence-electron chi connectivity index (χ4n) is 6.44. The Labute approximate surface area is 196 Å². The van der Waals surface area contributed by atoms with Gasteiger partial charge in [-0.25, -0.2) is 0 Å². The van der Waals surface area contributed by atoms with Crippen LogP contribution < -0.4 is 14.8 Å². The van der Waals surface area contributed by atoms with Gasteiger partial charge in [0.15, 0.2) is 23.0 Å². The molecule has 2 aromatic carbocycles. The summed E-state index contributed by atoms with van der Waals surface area (Å²) < 4.78 is 10.8. The highest BCUT2D eigenvalue weighted by atomic mass is 16.5. The van der Waals surface area contributed by atoms with Gasteiger partial charge in [0.2, 0.25) is 0 Å². The third-order valence-corrected chi connectivity index (χ3v) is 8.23. The average molecular weight is 453 g/mol. The number of hydrogen-bond donors (Lipinski definition) is 3. The molecule has 6 nitrogen and oxygen atoms in total. The van der Waals surface area contributed by atoms with Gasteiger partial charge in [-0.05, 0) is 90.6 Å². The number of nitrogens with one attached hydrogen (secondary N) is 1. The summed E-state index contributed by atoms with van der Waals surface area (Å²) >= 11 is 0. The van der Waals surface area contributed by atoms with Crippen LogP contribution in [0, 0.1) is 11.8 Å². The maximum atomic E-state index is 10.5. The number of aromatic hydroxyl groups is 2. The molecule has 0 unspecified atom stereocenters. The molecule has 1 saturated heterocycles. The van der Waals surface area contributed by atoms with E-state index in [-0.39, 0.29) is 17.5 Å². The second kappa shape index (κ2) is 9.07. The number of ether oxygens (including phenoxy) is 2. The van der Waals surface area contributed by atoms with Gasteiger partial charge in [-0.3, -0.25) is 4.90 Å². The quantitative estimate of drug-likeness (QED) is 0.627. The summed E-state index contributed by atoms with van der Waals surface area (Å²) in [6.45, 7) is 5.42. The second-order valence-electron chi connectivity index (χ2n) is 9.86. The van der Waals surface area contributed by atoms with E-state index in [2.05, 4.69) is 17.1 Å². The fourth-order valence-corrected chi connectivity index (χ4v) is 6.44. The van der Waals surface area contributed by atoms with Crippen molar-refractivity contribution in [3.63, 3.8) is 0 Å². The zero-order chi connectivity index (χ0) is 23.1. The third-order valence-electron chi connectivity index (χ3n) is 8.23. The Morgan fingerprint density at radius 3 is 2.42 bits per heavy atom. The van der Waals surface area contributed by atoms with Crippen molar-refractivity contribution in [3.8, 4) is 23.0 Å². The van der Waals surface area contributed by atoms with Gasteiger partial charge in [0, 0.05) is 25.2 Å². The minimum atomic E-state index is 0.227. The van der Waals surface area contributed by atoms with Crippen LogP contribution in [-0.2, 0) is 12.8 Å². The summed E-state index contributed by atoms with van der Waals surface area (Å²) in [5, 5.41) is 24.5. The van der Waals surface area contributed by atoms with Crippen LogP contribution in [0.5, 0.6) is 23.0 Å². The molecule has 5 rings (SSSR count). The number of phenols is 2. The van der Waals surface area contributed by atoms with Gasteiger partial charge >= 0.3 is 0 Å². The molecule has 33 heavy (non-hydrogen) atoms. The number of fused-ring (bicyclic) bond motifs is 4. The van der Waals surface area contributed by atoms with Crippen LogP contribution in [0.2, 0.25) is 0 Å². The first kappa shape index (κ1) is 22.4. The lowest BCUT2D eigenvalue weighted by atomic mass is 9.72. The number of phenolic OH excluding ortho intramolecular Hbond substituents is 2. The summed E-state index contributed by atoms with van der Waals surface area (Å²) in [6.07, 6.45) is 5.27. The van der Waals surface area contributed by atoms with E-state index >= 15 is 0 Å². The molecule has 3 N–H and O–H groups in total. The Bertz CT molecular complexity index is 1020. The van der Waals surface area contributed by atoms with Crippen LogP contribution in [0.25, 0.3) is 0 Å². The molecule has 2 aromatic rings. The van der Waals surface area contributed by atoms with Crippen LogP contribution in [0.1, 0.15) is 60.5 Å². The molecule has 0 saturated carbocycles. The van der Waals surface area contributed by atoms with Gasteiger partial charge in [0.1, 0.15) is 0 Å². The first-order valence-electron chi connectivity index (χ1n) is 12.3. The predicted molar refractivity (Wildman–Crippen MR) is 128 cm³/mol. The van der Waals surface area contributed by atoms with Crippen molar-refractivity contribution in [3.05, 3.63) is 46.5 Å². The number of piperidine rings is 1. The normalized spacial score (nSPS) is 26.8. The summed E-state index contributed by atoms with van der Waals surface area (Å²) in [7, 11) is 3.23. The van der Waals surface area contributed by atoms with Crippen molar-refractivity contribution >= 4 is 0 Å². The standard InChI is InChI=1S/C27H36N2O4/c1-4-16-15-29-8-6-18-12-26(32-2)25(31)13-21(18)23(29)10-19(16)9-22-20-14-27(33-3)24(30)11-17(20)5-7-28-22/h11-14,16,19,22-23,28,30-31H,4-10,15H2,1-3H3/t16-,19-,22+,23-/m0/s1. The molecule has 0 aliphatic carbocycles. The number of nitrogens with zero attached hydrogens (tertiary/aromatic N) is 1. The molecule has 1 fully saturated rings. The van der Waals surface area contributed by atoms with Crippen molar-refractivity contribution in [2.45, 2.75) is 51.1 Å². The fraction of sp³-hybridized carbons (Fsp3) is 0.556. The van der Waals surface area contributed by atoms with Gasteiger partial charge in [-0.2, -0.15) is 0 Å². The maximum absolute atomic E-state index is 10.5. The first-order chi connectivity index (χ1) is 16.0. The van der Waals surface area contributed by atoms with E-state index in [0.29, 0.717) is 29.4 Å². The lowest BCUT2D eigenvalue weighted by molar-refractivity contribution is 0.0434. The molecule has 0 spiro atoms. The predicted octanol–water partition coefficient (Wildman–Crippen LogP) is 4.34. The Morgan fingerprint density at radius 2 is 1.67 bits per heavy atom. The van der Waals surface area contributed by atoms with Crippen LogP contribution in [0.4, 0.5) is 0 Å². The highest BCUT2D eigenvalue weighted by Crippen LogP contribution is 2.47. The summed E-state index contributed by atoms with van der Waals surface area (Å²) in [5.74, 6) is 2.82. The molecule has 3 aliphatic heterocycles. The summed E-state index contributed by atoms with van der Waals surface area (Å²) in [4.78, 5) is 2.63. The second-order valence-corrected chi connectivity index (χ2v) is 9.86. The zero-order valence-corrected chi connectivity index (χ0v) is 19.9. The summed E-state index contributed by atoms with van der Waals surface area (Å²) in [6, 6.07) is 8.49. The SMILES string of the molecule is CC[C@H]1CN2CCc3cc(OC)c(O)cc3[C@@H]2C[C@@H]1C[C@H]1NCCc2cc(O)c(OC)cc21. The van der Waals surface area contributed by atoms with Crippen molar-refractivity contribution in [1.29, 1.82) is 0 Å². The molecule has 178 valence electrons. The van der Waals surface area contributed by atoms with Crippen LogP contribution in [0.3, 0.4) is 0 Å². The number of hydrogen-bond acceptors (Lipinski definition) is 6. The Balaban J connectivity index is 1.42. The lowest BCUT2D eigenvalue weighted by Gasteiger charge is -2.48. The van der Waals surface area contributed by atoms with Gasteiger partial charge in [0.25, 0.3) is 0 Å². The molecule has 3 heterocycles. The highest BCUT2D eigenvalue weighted by Gasteiger charge is 2.40. The first-order valence-corrected chi connectivity index (χ1v) is 12.3. The Kier molecular flexibility index (Phi) is 6.14. The largest absolute Gasteiger partial charge is 0.504 e. The lowest BCUT2D eigenvalue weighted by Crippen LogP contribution is -2.46. The third kappa shape index (κ3) is 4.04. The van der Waals surface area contributed by atoms with Crippen molar-refractivity contribution in [2.24, 2.45) is 11.8 Å². The molecule has 0 radical (unpaired) electrons. The van der Waals surface area contributed by atoms with Crippen molar-refractivity contribution in [1.82, 2.24) is 10.2 Å². The summed E-state index contributed by atoms with van der Waals surface area (Å²) in [5.41, 5.74) is 5.06. The minimum Gasteiger partial charge on any atom is -0.504 e. The Hall–Kier alpha value is -2.44. The highest BCUT2D eigenvalue weighted by molar-refractivity contribution is 5.50. The average Bonchev–Trinajstić information content (AvgIpc) is 2.83. The van der Waals surface area contributed by atoms with Crippen molar-refractivity contribution < 1.29 is 19.7 Å². The van der Waals surface area contributed by atoms with E-state index in [1.54, 1.807) is 14.2 Å². The molecular formula is C27H36N2O4. The number of benzene rings is 2. The van der Waals surface area contributed by atoms with Crippen LogP contribution >= 0.6 is 0 Å². The van der Waals surface area contributed by atoms with E-state index in [4.69, 9.17) is 9.47 Å². The van der Waals surface area contributed by atoms with Crippen molar-refractivity contribution in [2.75, 3.05) is 33.9 Å². The minimum absolute atomic E-state index is 0.227.